The number of hydrogen-bond donors (Lipinski definition) is 2. The maximum atomic E-state index is 9.62. The summed E-state index contributed by atoms with van der Waals surface area (Å²) < 4.78 is 11.1. The molecule has 0 heterocycles. The van der Waals surface area contributed by atoms with Crippen molar-refractivity contribution in [3.63, 3.8) is 0 Å². The number of fused-ring (bicyclic) bond motifs is 2. The Balaban J connectivity index is 2.45. The number of aliphatic hydroxyl groups is 2. The van der Waals surface area contributed by atoms with Gasteiger partial charge in [-0.05, 0) is 0 Å². The summed E-state index contributed by atoms with van der Waals surface area (Å²) in [6.07, 6.45) is 4.08. The maximum Gasteiger partial charge on any atom is 0.181 e. The summed E-state index contributed by atoms with van der Waals surface area (Å²) in [5, 5.41) is 19.1. The smallest absolute Gasteiger partial charge is 0.181 e. The van der Waals surface area contributed by atoms with Crippen LogP contribution in [-0.4, -0.2) is 43.4 Å². The third-order valence-corrected chi connectivity index (χ3v) is 4.58. The molecule has 4 nitrogen and oxygen atoms in total. The van der Waals surface area contributed by atoms with Crippen molar-refractivity contribution in [2.45, 2.75) is 12.7 Å². The zero-order valence-electron chi connectivity index (χ0n) is 10.0. The van der Waals surface area contributed by atoms with E-state index in [2.05, 4.69) is 0 Å². The number of methoxy groups -OCH3 is 2. The van der Waals surface area contributed by atoms with E-state index in [9.17, 15) is 10.2 Å². The van der Waals surface area contributed by atoms with E-state index in [0.717, 1.165) is 0 Å². The molecule has 92 valence electrons. The molecular weight excluding hydrogens is 208 g/mol. The zero-order chi connectivity index (χ0) is 12.0. The highest BCUT2D eigenvalue weighted by molar-refractivity contribution is 5.26. The fourth-order valence-corrected chi connectivity index (χ4v) is 3.59. The predicted molar refractivity (Wildman–Crippen MR) is 58.6 cm³/mol. The van der Waals surface area contributed by atoms with Crippen LogP contribution in [0.15, 0.2) is 12.2 Å². The third kappa shape index (κ3) is 1.13. The molecule has 0 aromatic heterocycles. The van der Waals surface area contributed by atoms with Gasteiger partial charge in [0.15, 0.2) is 5.79 Å². The van der Waals surface area contributed by atoms with Crippen molar-refractivity contribution in [3.05, 3.63) is 12.2 Å². The highest BCUT2D eigenvalue weighted by atomic mass is 16.7. The van der Waals surface area contributed by atoms with Gasteiger partial charge in [0.1, 0.15) is 0 Å². The van der Waals surface area contributed by atoms with E-state index in [1.54, 1.807) is 14.2 Å². The summed E-state index contributed by atoms with van der Waals surface area (Å²) in [5.74, 6) is -0.741. The van der Waals surface area contributed by atoms with Crippen LogP contribution in [0.5, 0.6) is 0 Å². The fraction of sp³-hybridized carbons (Fsp3) is 0.833. The lowest BCUT2D eigenvalue weighted by molar-refractivity contribution is -0.238. The van der Waals surface area contributed by atoms with E-state index in [0.29, 0.717) is 0 Å². The Morgan fingerprint density at radius 2 is 1.81 bits per heavy atom. The average Bonchev–Trinajstić information content (AvgIpc) is 2.78. The number of aliphatic hydroxyl groups excluding tert-OH is 2. The first-order valence-corrected chi connectivity index (χ1v) is 5.61. The first kappa shape index (κ1) is 12.0. The van der Waals surface area contributed by atoms with Gasteiger partial charge in [0.2, 0.25) is 0 Å². The Hall–Kier alpha value is -0.420. The summed E-state index contributed by atoms with van der Waals surface area (Å²) in [7, 11) is 3.24. The van der Waals surface area contributed by atoms with Crippen LogP contribution in [0, 0.1) is 23.2 Å². The first-order valence-electron chi connectivity index (χ1n) is 5.61. The maximum absolute atomic E-state index is 9.62. The van der Waals surface area contributed by atoms with E-state index in [-0.39, 0.29) is 36.4 Å². The minimum Gasteiger partial charge on any atom is -0.396 e. The summed E-state index contributed by atoms with van der Waals surface area (Å²) >= 11 is 0. The predicted octanol–water partition coefficient (Wildman–Crippen LogP) is 0.398. The van der Waals surface area contributed by atoms with Crippen molar-refractivity contribution in [1.29, 1.82) is 0 Å². The molecule has 4 heteroatoms. The van der Waals surface area contributed by atoms with Crippen LogP contribution in [0.3, 0.4) is 0 Å². The molecule has 0 aromatic rings. The van der Waals surface area contributed by atoms with E-state index >= 15 is 0 Å². The Bertz CT molecular complexity index is 297. The van der Waals surface area contributed by atoms with Gasteiger partial charge >= 0.3 is 0 Å². The number of ether oxygens (including phenoxy) is 2. The molecule has 0 aliphatic heterocycles. The van der Waals surface area contributed by atoms with Crippen LogP contribution in [0.4, 0.5) is 0 Å². The van der Waals surface area contributed by atoms with Crippen molar-refractivity contribution in [2.75, 3.05) is 27.4 Å². The van der Waals surface area contributed by atoms with Crippen molar-refractivity contribution >= 4 is 0 Å². The lowest BCUT2D eigenvalue weighted by Crippen LogP contribution is -2.43. The van der Waals surface area contributed by atoms with Crippen molar-refractivity contribution in [1.82, 2.24) is 0 Å². The monoisotopic (exact) mass is 228 g/mol. The Labute approximate surface area is 95.9 Å². The van der Waals surface area contributed by atoms with Crippen LogP contribution in [0.2, 0.25) is 0 Å². The first-order chi connectivity index (χ1) is 7.60. The molecule has 0 amide bonds. The molecule has 1 fully saturated rings. The van der Waals surface area contributed by atoms with Crippen LogP contribution in [-0.2, 0) is 9.47 Å². The lowest BCUT2D eigenvalue weighted by Gasteiger charge is -2.36. The SMILES string of the molecule is COC1(OC)[C@@H]2C=C[C@H]1[C@@](C)(CO)[C@H]2CO. The minimum absolute atomic E-state index is 0.00894. The van der Waals surface area contributed by atoms with Crippen LogP contribution in [0.25, 0.3) is 0 Å². The number of hydrogen-bond acceptors (Lipinski definition) is 4. The topological polar surface area (TPSA) is 58.9 Å². The van der Waals surface area contributed by atoms with Gasteiger partial charge in [-0.2, -0.15) is 0 Å². The second-order valence-corrected chi connectivity index (χ2v) is 4.97. The van der Waals surface area contributed by atoms with E-state index in [1.807, 2.05) is 19.1 Å². The second kappa shape index (κ2) is 3.81. The highest BCUT2D eigenvalue weighted by Crippen LogP contribution is 2.62. The van der Waals surface area contributed by atoms with Gasteiger partial charge in [-0.15, -0.1) is 0 Å². The van der Waals surface area contributed by atoms with Gasteiger partial charge < -0.3 is 19.7 Å². The van der Waals surface area contributed by atoms with Crippen LogP contribution >= 0.6 is 0 Å². The molecular formula is C12H20O4. The van der Waals surface area contributed by atoms with Crippen molar-refractivity contribution < 1.29 is 19.7 Å². The minimum atomic E-state index is -0.717. The van der Waals surface area contributed by atoms with Gasteiger partial charge in [0.05, 0.1) is 0 Å². The third-order valence-electron chi connectivity index (χ3n) is 4.58. The molecule has 2 aliphatic carbocycles. The summed E-state index contributed by atoms with van der Waals surface area (Å²) in [6.45, 7) is 2.05. The molecule has 0 aromatic carbocycles. The van der Waals surface area contributed by atoms with Gasteiger partial charge in [-0.1, -0.05) is 19.1 Å². The normalized spacial score (nSPS) is 44.2. The second-order valence-electron chi connectivity index (χ2n) is 4.97. The largest absolute Gasteiger partial charge is 0.396 e. The average molecular weight is 228 g/mol. The van der Waals surface area contributed by atoms with Gasteiger partial charge in [0.25, 0.3) is 0 Å². The molecule has 2 N–H and O–H groups in total. The Morgan fingerprint density at radius 1 is 1.19 bits per heavy atom. The molecule has 4 atom stereocenters. The van der Waals surface area contributed by atoms with E-state index in [1.165, 1.54) is 0 Å². The molecule has 16 heavy (non-hydrogen) atoms. The molecule has 2 aliphatic rings. The summed E-state index contributed by atoms with van der Waals surface area (Å²) in [4.78, 5) is 0. The highest BCUT2D eigenvalue weighted by Gasteiger charge is 2.67. The fourth-order valence-electron chi connectivity index (χ4n) is 3.59. The Morgan fingerprint density at radius 3 is 2.19 bits per heavy atom. The molecule has 2 bridgehead atoms. The van der Waals surface area contributed by atoms with Gasteiger partial charge in [-0.25, -0.2) is 0 Å². The quantitative estimate of drug-likeness (QED) is 0.540. The summed E-state index contributed by atoms with van der Waals surface area (Å²) in [6, 6.07) is 0. The van der Waals surface area contributed by atoms with Gasteiger partial charge in [-0.3, -0.25) is 0 Å². The molecule has 0 spiro atoms. The van der Waals surface area contributed by atoms with E-state index < -0.39 is 5.79 Å². The molecule has 1 saturated carbocycles. The lowest BCUT2D eigenvalue weighted by atomic mass is 9.71. The molecule has 2 rings (SSSR count). The van der Waals surface area contributed by atoms with Crippen molar-refractivity contribution in [2.24, 2.45) is 23.2 Å². The van der Waals surface area contributed by atoms with Crippen LogP contribution in [0.1, 0.15) is 6.92 Å². The van der Waals surface area contributed by atoms with Crippen molar-refractivity contribution in [3.8, 4) is 0 Å². The molecule has 0 radical (unpaired) electrons. The standard InChI is InChI=1S/C12H20O4/c1-11(7-14)9(6-13)8-4-5-10(11)12(8,15-2)16-3/h4-5,8-10,13-14H,6-7H2,1-3H3/t8-,9+,10+,11+/m1/s1. The Kier molecular flexibility index (Phi) is 2.87. The van der Waals surface area contributed by atoms with Crippen LogP contribution < -0.4 is 0 Å². The zero-order valence-corrected chi connectivity index (χ0v) is 10.0. The van der Waals surface area contributed by atoms with E-state index in [4.69, 9.17) is 9.47 Å². The molecule has 0 unspecified atom stereocenters. The van der Waals surface area contributed by atoms with Gasteiger partial charge in [0, 0.05) is 50.6 Å². The molecule has 0 saturated heterocycles. The summed E-state index contributed by atoms with van der Waals surface area (Å²) in [5.41, 5.74) is -0.375. The number of rotatable bonds is 4.